The number of rotatable bonds is 3. The highest BCUT2D eigenvalue weighted by molar-refractivity contribution is 7.80. The molecule has 0 bridgehead atoms. The van der Waals surface area contributed by atoms with Crippen molar-refractivity contribution < 1.29 is 14.0 Å². The number of thiocarbonyl (C=S) groups is 1. The predicted octanol–water partition coefficient (Wildman–Crippen LogP) is 4.98. The molecule has 2 amide bonds. The molecule has 3 aromatic carbocycles. The summed E-state index contributed by atoms with van der Waals surface area (Å²) in [6.07, 6.45) is 1.46. The molecule has 0 aliphatic carbocycles. The standard InChI is InChI=1S/C23H14ClFN2O2S/c24-16-8-10-17(11-9-16)27-22(29)19(21(28)26-23(27)30)13-14-4-3-5-15(12-14)18-6-1-2-7-20(18)25/h1-13H,(H,26,28,30)/b19-13+. The Morgan fingerprint density at radius 1 is 0.967 bits per heavy atom. The maximum atomic E-state index is 14.1. The second-order valence-corrected chi connectivity index (χ2v) is 7.36. The van der Waals surface area contributed by atoms with Crippen LogP contribution in [-0.2, 0) is 9.59 Å². The summed E-state index contributed by atoms with van der Waals surface area (Å²) in [6.45, 7) is 0. The molecule has 4 nitrogen and oxygen atoms in total. The van der Waals surface area contributed by atoms with E-state index >= 15 is 0 Å². The zero-order valence-electron chi connectivity index (χ0n) is 15.4. The van der Waals surface area contributed by atoms with Gasteiger partial charge in [0.1, 0.15) is 11.4 Å². The van der Waals surface area contributed by atoms with Gasteiger partial charge in [-0.1, -0.05) is 48.0 Å². The summed E-state index contributed by atoms with van der Waals surface area (Å²) in [5.74, 6) is -1.50. The fourth-order valence-electron chi connectivity index (χ4n) is 3.14. The topological polar surface area (TPSA) is 49.4 Å². The smallest absolute Gasteiger partial charge is 0.270 e. The molecular weight excluding hydrogens is 423 g/mol. The molecule has 0 unspecified atom stereocenters. The summed E-state index contributed by atoms with van der Waals surface area (Å²) in [6, 6.07) is 19.9. The van der Waals surface area contributed by atoms with Gasteiger partial charge in [0.15, 0.2) is 5.11 Å². The first kappa shape index (κ1) is 19.9. The van der Waals surface area contributed by atoms with E-state index in [1.165, 1.54) is 17.0 Å². The highest BCUT2D eigenvalue weighted by Gasteiger charge is 2.34. The Morgan fingerprint density at radius 2 is 1.70 bits per heavy atom. The van der Waals surface area contributed by atoms with Crippen LogP contribution in [0.2, 0.25) is 5.02 Å². The second kappa shape index (κ2) is 8.18. The van der Waals surface area contributed by atoms with E-state index in [2.05, 4.69) is 5.32 Å². The minimum atomic E-state index is -0.591. The van der Waals surface area contributed by atoms with Crippen LogP contribution in [0.25, 0.3) is 17.2 Å². The quantitative estimate of drug-likeness (QED) is 0.358. The van der Waals surface area contributed by atoms with E-state index in [1.54, 1.807) is 66.7 Å². The highest BCUT2D eigenvalue weighted by Crippen LogP contribution is 2.26. The van der Waals surface area contributed by atoms with Crippen molar-refractivity contribution in [2.45, 2.75) is 0 Å². The normalized spacial score (nSPS) is 15.5. The molecule has 0 radical (unpaired) electrons. The largest absolute Gasteiger partial charge is 0.298 e. The van der Waals surface area contributed by atoms with Crippen molar-refractivity contribution >= 4 is 52.5 Å². The molecule has 4 rings (SSSR count). The Morgan fingerprint density at radius 3 is 2.43 bits per heavy atom. The average molecular weight is 437 g/mol. The first-order valence-corrected chi connectivity index (χ1v) is 9.74. The highest BCUT2D eigenvalue weighted by atomic mass is 35.5. The van der Waals surface area contributed by atoms with Crippen LogP contribution >= 0.6 is 23.8 Å². The Kier molecular flexibility index (Phi) is 5.44. The molecule has 0 atom stereocenters. The van der Waals surface area contributed by atoms with Crippen LogP contribution in [0.3, 0.4) is 0 Å². The number of carbonyl (C=O) groups excluding carboxylic acids is 2. The second-order valence-electron chi connectivity index (χ2n) is 6.54. The molecule has 1 heterocycles. The molecule has 1 aliphatic rings. The minimum absolute atomic E-state index is 0.00965. The third kappa shape index (κ3) is 3.87. The Hall–Kier alpha value is -3.35. The third-order valence-electron chi connectivity index (χ3n) is 4.57. The number of hydrogen-bond acceptors (Lipinski definition) is 3. The number of benzene rings is 3. The lowest BCUT2D eigenvalue weighted by molar-refractivity contribution is -0.122. The van der Waals surface area contributed by atoms with Gasteiger partial charge in [-0.05, 0) is 65.8 Å². The fraction of sp³-hybridized carbons (Fsp3) is 0. The van der Waals surface area contributed by atoms with Crippen molar-refractivity contribution in [3.63, 3.8) is 0 Å². The number of amides is 2. The van der Waals surface area contributed by atoms with Crippen LogP contribution in [0.5, 0.6) is 0 Å². The molecule has 3 aromatic rings. The van der Waals surface area contributed by atoms with Crippen molar-refractivity contribution in [2.24, 2.45) is 0 Å². The molecule has 1 N–H and O–H groups in total. The van der Waals surface area contributed by atoms with E-state index in [0.29, 0.717) is 27.4 Å². The summed E-state index contributed by atoms with van der Waals surface area (Å²) in [5, 5.41) is 3.04. The van der Waals surface area contributed by atoms with Crippen molar-refractivity contribution in [2.75, 3.05) is 4.90 Å². The van der Waals surface area contributed by atoms with Crippen LogP contribution in [-0.4, -0.2) is 16.9 Å². The van der Waals surface area contributed by atoms with Gasteiger partial charge in [0.2, 0.25) is 0 Å². The van der Waals surface area contributed by atoms with E-state index in [0.717, 1.165) is 0 Å². The lowest BCUT2D eigenvalue weighted by atomic mass is 10.0. The monoisotopic (exact) mass is 436 g/mol. The van der Waals surface area contributed by atoms with Gasteiger partial charge < -0.3 is 0 Å². The molecule has 0 spiro atoms. The Labute approximate surface area is 182 Å². The number of carbonyl (C=O) groups is 2. The van der Waals surface area contributed by atoms with Crippen molar-refractivity contribution in [3.05, 3.63) is 94.8 Å². The van der Waals surface area contributed by atoms with E-state index in [1.807, 2.05) is 0 Å². The summed E-state index contributed by atoms with van der Waals surface area (Å²) in [5.41, 5.74) is 2.06. The fourth-order valence-corrected chi connectivity index (χ4v) is 3.55. The van der Waals surface area contributed by atoms with E-state index < -0.39 is 11.8 Å². The molecule has 1 fully saturated rings. The number of nitrogens with one attached hydrogen (secondary N) is 1. The van der Waals surface area contributed by atoms with E-state index in [-0.39, 0.29) is 16.5 Å². The third-order valence-corrected chi connectivity index (χ3v) is 5.11. The number of halogens is 2. The zero-order valence-corrected chi connectivity index (χ0v) is 17.0. The lowest BCUT2D eigenvalue weighted by Crippen LogP contribution is -2.54. The summed E-state index contributed by atoms with van der Waals surface area (Å²) in [4.78, 5) is 26.8. The van der Waals surface area contributed by atoms with Gasteiger partial charge in [-0.2, -0.15) is 0 Å². The number of hydrogen-bond donors (Lipinski definition) is 1. The Balaban J connectivity index is 1.72. The molecule has 30 heavy (non-hydrogen) atoms. The first-order chi connectivity index (χ1) is 14.4. The van der Waals surface area contributed by atoms with Gasteiger partial charge >= 0.3 is 0 Å². The predicted molar refractivity (Wildman–Crippen MR) is 119 cm³/mol. The van der Waals surface area contributed by atoms with Crippen LogP contribution in [0, 0.1) is 5.82 Å². The van der Waals surface area contributed by atoms with Crippen LogP contribution in [0.15, 0.2) is 78.4 Å². The molecule has 7 heteroatoms. The number of nitrogens with zero attached hydrogens (tertiary/aromatic N) is 1. The van der Waals surface area contributed by atoms with E-state index in [9.17, 15) is 14.0 Å². The SMILES string of the molecule is O=C1NC(=S)N(c2ccc(Cl)cc2)C(=O)/C1=C/c1cccc(-c2ccccc2F)c1. The van der Waals surface area contributed by atoms with Gasteiger partial charge in [0, 0.05) is 10.6 Å². The first-order valence-electron chi connectivity index (χ1n) is 8.96. The maximum absolute atomic E-state index is 14.1. The zero-order chi connectivity index (χ0) is 21.3. The molecule has 1 aliphatic heterocycles. The Bertz CT molecular complexity index is 1210. The molecule has 0 saturated carbocycles. The number of anilines is 1. The summed E-state index contributed by atoms with van der Waals surface area (Å²) < 4.78 is 14.1. The van der Waals surface area contributed by atoms with Gasteiger partial charge in [-0.3, -0.25) is 19.8 Å². The van der Waals surface area contributed by atoms with Gasteiger partial charge in [-0.25, -0.2) is 4.39 Å². The van der Waals surface area contributed by atoms with Crippen molar-refractivity contribution in [1.29, 1.82) is 0 Å². The van der Waals surface area contributed by atoms with Crippen molar-refractivity contribution in [3.8, 4) is 11.1 Å². The van der Waals surface area contributed by atoms with Crippen LogP contribution in [0.1, 0.15) is 5.56 Å². The van der Waals surface area contributed by atoms with Gasteiger partial charge in [0.25, 0.3) is 11.8 Å². The molecule has 0 aromatic heterocycles. The van der Waals surface area contributed by atoms with Gasteiger partial charge in [0.05, 0.1) is 5.69 Å². The summed E-state index contributed by atoms with van der Waals surface area (Å²) >= 11 is 11.1. The van der Waals surface area contributed by atoms with Gasteiger partial charge in [-0.15, -0.1) is 0 Å². The lowest BCUT2D eigenvalue weighted by Gasteiger charge is -2.29. The summed E-state index contributed by atoms with van der Waals surface area (Å²) in [7, 11) is 0. The van der Waals surface area contributed by atoms with Crippen LogP contribution in [0.4, 0.5) is 10.1 Å². The average Bonchev–Trinajstić information content (AvgIpc) is 2.73. The minimum Gasteiger partial charge on any atom is -0.298 e. The molecular formula is C23H14ClFN2O2S. The maximum Gasteiger partial charge on any atom is 0.270 e. The molecule has 148 valence electrons. The van der Waals surface area contributed by atoms with Crippen molar-refractivity contribution in [1.82, 2.24) is 5.32 Å². The molecule has 1 saturated heterocycles. The van der Waals surface area contributed by atoms with E-state index in [4.69, 9.17) is 23.8 Å². The van der Waals surface area contributed by atoms with Crippen LogP contribution < -0.4 is 10.2 Å².